The second-order valence-corrected chi connectivity index (χ2v) is 7.14. The Hall–Kier alpha value is -0.860. The van der Waals surface area contributed by atoms with E-state index in [1.54, 1.807) is 0 Å². The number of benzene rings is 1. The molecule has 2 heteroatoms. The van der Waals surface area contributed by atoms with E-state index in [2.05, 4.69) is 50.4 Å². The van der Waals surface area contributed by atoms with Crippen LogP contribution in [0.4, 0.5) is 0 Å². The van der Waals surface area contributed by atoms with Gasteiger partial charge in [-0.15, -0.1) is 0 Å². The molecule has 0 fully saturated rings. The van der Waals surface area contributed by atoms with Crippen LogP contribution in [0.25, 0.3) is 0 Å². The summed E-state index contributed by atoms with van der Waals surface area (Å²) in [5.41, 5.74) is 2.28. The van der Waals surface area contributed by atoms with E-state index in [0.29, 0.717) is 24.4 Å². The zero-order valence-electron chi connectivity index (χ0n) is 13.3. The molecule has 0 aromatic heterocycles. The zero-order valence-corrected chi connectivity index (χ0v) is 13.3. The molecule has 1 aromatic carbocycles. The van der Waals surface area contributed by atoms with Gasteiger partial charge in [-0.1, -0.05) is 45.0 Å². The molecule has 1 aliphatic rings. The first-order chi connectivity index (χ1) is 9.39. The lowest BCUT2D eigenvalue weighted by molar-refractivity contribution is 0.0352. The number of aliphatic hydroxyl groups is 1. The monoisotopic (exact) mass is 275 g/mol. The summed E-state index contributed by atoms with van der Waals surface area (Å²) in [5, 5.41) is 14.0. The largest absolute Gasteiger partial charge is 0.389 e. The molecule has 0 heterocycles. The van der Waals surface area contributed by atoms with Crippen LogP contribution in [-0.2, 0) is 0 Å². The van der Waals surface area contributed by atoms with Gasteiger partial charge in [-0.3, -0.25) is 0 Å². The summed E-state index contributed by atoms with van der Waals surface area (Å²) in [6.07, 6.45) is 3.22. The Morgan fingerprint density at radius 1 is 1.25 bits per heavy atom. The lowest BCUT2D eigenvalue weighted by atomic mass is 9.81. The van der Waals surface area contributed by atoms with E-state index in [0.717, 1.165) is 12.8 Å². The second-order valence-electron chi connectivity index (χ2n) is 7.14. The molecule has 1 aromatic rings. The zero-order chi connectivity index (χ0) is 14.8. The van der Waals surface area contributed by atoms with Crippen LogP contribution >= 0.6 is 0 Å². The van der Waals surface area contributed by atoms with Gasteiger partial charge in [0.25, 0.3) is 0 Å². The molecule has 20 heavy (non-hydrogen) atoms. The van der Waals surface area contributed by atoms with Crippen LogP contribution in [0.1, 0.15) is 70.0 Å². The number of nitrogens with one attached hydrogen (secondary N) is 1. The molecule has 3 atom stereocenters. The molecule has 2 N–H and O–H groups in total. The maximum Gasteiger partial charge on any atom is 0.0746 e. The highest BCUT2D eigenvalue weighted by atomic mass is 16.3. The van der Waals surface area contributed by atoms with E-state index in [1.165, 1.54) is 17.5 Å². The van der Waals surface area contributed by atoms with Crippen molar-refractivity contribution in [3.8, 4) is 0 Å². The minimum absolute atomic E-state index is 0.390. The lowest BCUT2D eigenvalue weighted by Gasteiger charge is -2.33. The predicted molar refractivity (Wildman–Crippen MR) is 84.9 cm³/mol. The van der Waals surface area contributed by atoms with Crippen LogP contribution in [-0.4, -0.2) is 17.3 Å². The van der Waals surface area contributed by atoms with Crippen molar-refractivity contribution >= 4 is 0 Å². The van der Waals surface area contributed by atoms with E-state index < -0.39 is 5.60 Å². The normalized spacial score (nSPS) is 25.3. The molecule has 0 amide bonds. The first-order valence-corrected chi connectivity index (χ1v) is 7.93. The van der Waals surface area contributed by atoms with Gasteiger partial charge in [0.2, 0.25) is 0 Å². The SMILES string of the molecule is CC(C)CC(C)(O)CNC1CCC(C)c2ccccc21. The molecule has 0 bridgehead atoms. The van der Waals surface area contributed by atoms with Crippen LogP contribution in [0.5, 0.6) is 0 Å². The summed E-state index contributed by atoms with van der Waals surface area (Å²) in [6.45, 7) is 9.23. The Bertz CT molecular complexity index is 439. The van der Waals surface area contributed by atoms with Crippen molar-refractivity contribution in [3.63, 3.8) is 0 Å². The fourth-order valence-electron chi connectivity index (χ4n) is 3.51. The highest BCUT2D eigenvalue weighted by Crippen LogP contribution is 2.37. The van der Waals surface area contributed by atoms with Gasteiger partial charge in [0.05, 0.1) is 5.60 Å². The Morgan fingerprint density at radius 2 is 1.90 bits per heavy atom. The van der Waals surface area contributed by atoms with Crippen molar-refractivity contribution in [3.05, 3.63) is 35.4 Å². The summed E-state index contributed by atoms with van der Waals surface area (Å²) in [6, 6.07) is 9.13. The maximum absolute atomic E-state index is 10.5. The third kappa shape index (κ3) is 3.83. The molecule has 3 unspecified atom stereocenters. The van der Waals surface area contributed by atoms with Gasteiger partial charge in [0.1, 0.15) is 0 Å². The first kappa shape index (κ1) is 15.5. The van der Waals surface area contributed by atoms with Crippen molar-refractivity contribution in [1.82, 2.24) is 5.32 Å². The molecule has 0 aliphatic heterocycles. The Balaban J connectivity index is 2.03. The van der Waals surface area contributed by atoms with E-state index in [-0.39, 0.29) is 0 Å². The Morgan fingerprint density at radius 3 is 2.55 bits per heavy atom. The average molecular weight is 275 g/mol. The molecule has 0 spiro atoms. The molecule has 0 saturated carbocycles. The molecule has 0 radical (unpaired) electrons. The number of hydrogen-bond acceptors (Lipinski definition) is 2. The van der Waals surface area contributed by atoms with E-state index in [1.807, 2.05) is 6.92 Å². The van der Waals surface area contributed by atoms with Gasteiger partial charge in [0, 0.05) is 12.6 Å². The van der Waals surface area contributed by atoms with Crippen LogP contribution in [0.2, 0.25) is 0 Å². The summed E-state index contributed by atoms with van der Waals surface area (Å²) in [4.78, 5) is 0. The summed E-state index contributed by atoms with van der Waals surface area (Å²) >= 11 is 0. The highest BCUT2D eigenvalue weighted by Gasteiger charge is 2.27. The third-order valence-corrected chi connectivity index (χ3v) is 4.37. The second kappa shape index (κ2) is 6.28. The molecule has 1 aliphatic carbocycles. The Kier molecular flexibility index (Phi) is 4.87. The fourth-order valence-corrected chi connectivity index (χ4v) is 3.51. The van der Waals surface area contributed by atoms with Gasteiger partial charge in [0.15, 0.2) is 0 Å². The van der Waals surface area contributed by atoms with Gasteiger partial charge in [-0.05, 0) is 49.1 Å². The minimum Gasteiger partial charge on any atom is -0.389 e. The van der Waals surface area contributed by atoms with Crippen molar-refractivity contribution in [2.24, 2.45) is 5.92 Å². The number of rotatable bonds is 5. The van der Waals surface area contributed by atoms with Gasteiger partial charge in [-0.25, -0.2) is 0 Å². The van der Waals surface area contributed by atoms with Crippen molar-refractivity contribution in [1.29, 1.82) is 0 Å². The topological polar surface area (TPSA) is 32.3 Å². The third-order valence-electron chi connectivity index (χ3n) is 4.37. The quantitative estimate of drug-likeness (QED) is 0.851. The van der Waals surface area contributed by atoms with Crippen LogP contribution in [0.3, 0.4) is 0 Å². The molecule has 2 nitrogen and oxygen atoms in total. The number of hydrogen-bond donors (Lipinski definition) is 2. The van der Waals surface area contributed by atoms with Crippen molar-refractivity contribution in [2.45, 2.75) is 64.5 Å². The van der Waals surface area contributed by atoms with Gasteiger partial charge in [-0.2, -0.15) is 0 Å². The number of fused-ring (bicyclic) bond motifs is 1. The minimum atomic E-state index is -0.619. The molecular weight excluding hydrogens is 246 g/mol. The lowest BCUT2D eigenvalue weighted by Crippen LogP contribution is -2.41. The fraction of sp³-hybridized carbons (Fsp3) is 0.667. The van der Waals surface area contributed by atoms with Crippen molar-refractivity contribution in [2.75, 3.05) is 6.54 Å². The molecule has 112 valence electrons. The molecule has 0 saturated heterocycles. The van der Waals surface area contributed by atoms with E-state index >= 15 is 0 Å². The van der Waals surface area contributed by atoms with Crippen LogP contribution in [0.15, 0.2) is 24.3 Å². The van der Waals surface area contributed by atoms with Gasteiger partial charge >= 0.3 is 0 Å². The summed E-state index contributed by atoms with van der Waals surface area (Å²) in [5.74, 6) is 1.17. The van der Waals surface area contributed by atoms with Gasteiger partial charge < -0.3 is 10.4 Å². The predicted octanol–water partition coefficient (Wildman–Crippen LogP) is 4.01. The first-order valence-electron chi connectivity index (χ1n) is 7.93. The van der Waals surface area contributed by atoms with Crippen LogP contribution in [0, 0.1) is 5.92 Å². The molecular formula is C18H29NO. The summed E-state index contributed by atoms with van der Waals surface area (Å²) < 4.78 is 0. The van der Waals surface area contributed by atoms with Crippen molar-refractivity contribution < 1.29 is 5.11 Å². The average Bonchev–Trinajstić information content (AvgIpc) is 2.37. The standard InChI is InChI=1S/C18H29NO/c1-13(2)11-18(4,20)12-19-17-10-9-14(3)15-7-5-6-8-16(15)17/h5-8,13-14,17,19-20H,9-12H2,1-4H3. The Labute approximate surface area is 123 Å². The van der Waals surface area contributed by atoms with E-state index in [4.69, 9.17) is 0 Å². The maximum atomic E-state index is 10.5. The smallest absolute Gasteiger partial charge is 0.0746 e. The molecule has 2 rings (SSSR count). The highest BCUT2D eigenvalue weighted by molar-refractivity contribution is 5.34. The summed E-state index contributed by atoms with van der Waals surface area (Å²) in [7, 11) is 0. The van der Waals surface area contributed by atoms with Crippen LogP contribution < -0.4 is 5.32 Å². The van der Waals surface area contributed by atoms with E-state index in [9.17, 15) is 5.11 Å².